The molecule has 1 rings (SSSR count). The van der Waals surface area contributed by atoms with Gasteiger partial charge >= 0.3 is 11.9 Å². The Hall–Kier alpha value is -1.88. The number of carboxylic acid groups (broad SMARTS) is 1. The zero-order chi connectivity index (χ0) is 12.6. The van der Waals surface area contributed by atoms with Gasteiger partial charge in [-0.25, -0.2) is 9.59 Å². The summed E-state index contributed by atoms with van der Waals surface area (Å²) in [6, 6.07) is 8.48. The molecule has 5 heteroatoms. The van der Waals surface area contributed by atoms with Crippen molar-refractivity contribution in [1.29, 1.82) is 0 Å². The predicted molar refractivity (Wildman–Crippen MR) is 58.7 cm³/mol. The highest BCUT2D eigenvalue weighted by atomic mass is 16.6. The largest absolute Gasteiger partial charge is 0.473 e. The highest BCUT2D eigenvalue weighted by Crippen LogP contribution is 1.99. The normalized spacial score (nSPS) is 8.69. The molecule has 0 radical (unpaired) electrons. The lowest BCUT2D eigenvalue weighted by atomic mass is 10.2. The number of carboxylic acids is 1. The molecule has 0 aliphatic carbocycles. The van der Waals surface area contributed by atoms with E-state index in [1.165, 1.54) is 11.1 Å². The Morgan fingerprint density at radius 1 is 1.19 bits per heavy atom. The molecule has 0 atom stereocenters. The number of carbonyl (C=O) groups excluding carboxylic acids is 1. The molecule has 0 aliphatic rings. The number of aliphatic carboxylic acids is 1. The average molecular weight is 225 g/mol. The molecule has 0 aromatic heterocycles. The molecule has 0 saturated heterocycles. The number of aryl methyl sites for hydroxylation is 2. The summed E-state index contributed by atoms with van der Waals surface area (Å²) in [7, 11) is 0. The Morgan fingerprint density at radius 3 is 1.75 bits per heavy atom. The summed E-state index contributed by atoms with van der Waals surface area (Å²) >= 11 is 0. The van der Waals surface area contributed by atoms with Crippen LogP contribution in [0, 0.1) is 13.8 Å². The molecule has 0 spiro atoms. The van der Waals surface area contributed by atoms with Gasteiger partial charge in [0.15, 0.2) is 0 Å². The van der Waals surface area contributed by atoms with Crippen molar-refractivity contribution < 1.29 is 19.4 Å². The van der Waals surface area contributed by atoms with Gasteiger partial charge in [-0.3, -0.25) is 5.73 Å². The topological polar surface area (TPSA) is 89.6 Å². The molecule has 1 aromatic carbocycles. The number of carbonyl (C=O) groups is 2. The molecule has 88 valence electrons. The van der Waals surface area contributed by atoms with Crippen molar-refractivity contribution >= 4 is 11.9 Å². The quantitative estimate of drug-likeness (QED) is 0.420. The van der Waals surface area contributed by atoms with E-state index < -0.39 is 18.7 Å². The van der Waals surface area contributed by atoms with Gasteiger partial charge in [0.05, 0.1) is 0 Å². The van der Waals surface area contributed by atoms with Crippen LogP contribution in [-0.2, 0) is 14.3 Å². The average Bonchev–Trinajstić information content (AvgIpc) is 2.24. The van der Waals surface area contributed by atoms with Crippen molar-refractivity contribution in [3.8, 4) is 0 Å². The smallest absolute Gasteiger partial charge is 0.418 e. The first-order chi connectivity index (χ1) is 7.47. The highest BCUT2D eigenvalue weighted by molar-refractivity contribution is 6.28. The molecule has 0 unspecified atom stereocenters. The second kappa shape index (κ2) is 7.42. The van der Waals surface area contributed by atoms with Gasteiger partial charge in [0, 0.05) is 0 Å². The number of ether oxygens (including phenoxy) is 1. The lowest BCUT2D eigenvalue weighted by Gasteiger charge is -1.91. The molecule has 0 amide bonds. The molecule has 1 aromatic rings. The van der Waals surface area contributed by atoms with Gasteiger partial charge in [0.1, 0.15) is 6.73 Å². The standard InChI is InChI=1S/C8H10.C3H5NO4/c1-7-3-5-8(2)6-4-7;4-1-8-3(7)2(5)6/h3-6H,1-2H3;1,4H2,(H,5,6). The van der Waals surface area contributed by atoms with Crippen LogP contribution in [0.2, 0.25) is 0 Å². The molecule has 0 bridgehead atoms. The summed E-state index contributed by atoms with van der Waals surface area (Å²) in [6.45, 7) is 3.80. The van der Waals surface area contributed by atoms with Gasteiger partial charge in [-0.15, -0.1) is 0 Å². The molecular formula is C11H15NO4. The van der Waals surface area contributed by atoms with E-state index in [9.17, 15) is 9.59 Å². The van der Waals surface area contributed by atoms with Crippen molar-refractivity contribution in [3.63, 3.8) is 0 Å². The zero-order valence-electron chi connectivity index (χ0n) is 9.27. The number of esters is 1. The number of rotatable bonds is 1. The predicted octanol–water partition coefficient (Wildman–Crippen LogP) is 0.834. The number of benzene rings is 1. The van der Waals surface area contributed by atoms with E-state index in [1.54, 1.807) is 0 Å². The van der Waals surface area contributed by atoms with Crippen LogP contribution in [-0.4, -0.2) is 23.8 Å². The minimum atomic E-state index is -1.63. The molecule has 16 heavy (non-hydrogen) atoms. The van der Waals surface area contributed by atoms with Crippen LogP contribution < -0.4 is 5.73 Å². The fourth-order valence-electron chi connectivity index (χ4n) is 0.774. The Bertz CT molecular complexity index is 325. The number of hydrogen-bond donors (Lipinski definition) is 2. The van der Waals surface area contributed by atoms with Crippen LogP contribution in [0.15, 0.2) is 24.3 Å². The number of nitrogens with two attached hydrogens (primary N) is 1. The minimum Gasteiger partial charge on any atom is -0.473 e. The maximum Gasteiger partial charge on any atom is 0.418 e. The van der Waals surface area contributed by atoms with Gasteiger partial charge in [0.2, 0.25) is 0 Å². The summed E-state index contributed by atoms with van der Waals surface area (Å²) in [5, 5.41) is 7.78. The molecule has 5 nitrogen and oxygen atoms in total. The van der Waals surface area contributed by atoms with Crippen LogP contribution in [0.25, 0.3) is 0 Å². The monoisotopic (exact) mass is 225 g/mol. The van der Waals surface area contributed by atoms with E-state index in [0.717, 1.165) is 0 Å². The van der Waals surface area contributed by atoms with Crippen LogP contribution in [0.1, 0.15) is 11.1 Å². The lowest BCUT2D eigenvalue weighted by molar-refractivity contribution is -0.163. The van der Waals surface area contributed by atoms with Gasteiger partial charge in [-0.2, -0.15) is 0 Å². The molecule has 0 heterocycles. The molecule has 0 saturated carbocycles. The van der Waals surface area contributed by atoms with Gasteiger partial charge in [-0.05, 0) is 13.8 Å². The van der Waals surface area contributed by atoms with E-state index in [4.69, 9.17) is 5.11 Å². The fraction of sp³-hybridized carbons (Fsp3) is 0.273. The maximum atomic E-state index is 9.84. The maximum absolute atomic E-state index is 9.84. The van der Waals surface area contributed by atoms with E-state index in [0.29, 0.717) is 0 Å². The Balaban J connectivity index is 0.000000281. The molecule has 0 fully saturated rings. The van der Waals surface area contributed by atoms with Crippen LogP contribution in [0.5, 0.6) is 0 Å². The first-order valence-electron chi connectivity index (χ1n) is 4.60. The minimum absolute atomic E-state index is 0.398. The number of hydrogen-bond acceptors (Lipinski definition) is 4. The molecule has 3 N–H and O–H groups in total. The van der Waals surface area contributed by atoms with Gasteiger partial charge in [-0.1, -0.05) is 35.4 Å². The van der Waals surface area contributed by atoms with Crippen LogP contribution in [0.3, 0.4) is 0 Å². The second-order valence-electron chi connectivity index (χ2n) is 3.06. The van der Waals surface area contributed by atoms with E-state index in [1.807, 2.05) is 0 Å². The fourth-order valence-corrected chi connectivity index (χ4v) is 0.774. The van der Waals surface area contributed by atoms with Crippen LogP contribution >= 0.6 is 0 Å². The van der Waals surface area contributed by atoms with Gasteiger partial charge < -0.3 is 9.84 Å². The Kier molecular flexibility index (Phi) is 6.55. The Labute approximate surface area is 93.8 Å². The van der Waals surface area contributed by atoms with E-state index in [-0.39, 0.29) is 0 Å². The third kappa shape index (κ3) is 6.56. The third-order valence-corrected chi connectivity index (χ3v) is 1.61. The molecule has 0 aliphatic heterocycles. The van der Waals surface area contributed by atoms with Crippen molar-refractivity contribution in [1.82, 2.24) is 0 Å². The first kappa shape index (κ1) is 14.1. The van der Waals surface area contributed by atoms with Crippen molar-refractivity contribution in [3.05, 3.63) is 35.4 Å². The van der Waals surface area contributed by atoms with Crippen molar-refractivity contribution in [2.75, 3.05) is 6.73 Å². The second-order valence-corrected chi connectivity index (χ2v) is 3.06. The third-order valence-electron chi connectivity index (χ3n) is 1.61. The van der Waals surface area contributed by atoms with E-state index >= 15 is 0 Å². The SMILES string of the molecule is Cc1ccc(C)cc1.NCOC(=O)C(=O)O. The van der Waals surface area contributed by atoms with E-state index in [2.05, 4.69) is 48.6 Å². The molecular weight excluding hydrogens is 210 g/mol. The summed E-state index contributed by atoms with van der Waals surface area (Å²) in [6.07, 6.45) is 0. The van der Waals surface area contributed by atoms with Crippen molar-refractivity contribution in [2.24, 2.45) is 5.73 Å². The van der Waals surface area contributed by atoms with Crippen molar-refractivity contribution in [2.45, 2.75) is 13.8 Å². The highest BCUT2D eigenvalue weighted by Gasteiger charge is 2.10. The van der Waals surface area contributed by atoms with Crippen LogP contribution in [0.4, 0.5) is 0 Å². The summed E-state index contributed by atoms with van der Waals surface area (Å²) < 4.78 is 3.84. The Morgan fingerprint density at radius 2 is 1.56 bits per heavy atom. The lowest BCUT2D eigenvalue weighted by Crippen LogP contribution is -2.19. The summed E-state index contributed by atoms with van der Waals surface area (Å²) in [4.78, 5) is 19.4. The van der Waals surface area contributed by atoms with Gasteiger partial charge in [0.25, 0.3) is 0 Å². The summed E-state index contributed by atoms with van der Waals surface area (Å²) in [5.41, 5.74) is 7.32. The summed E-state index contributed by atoms with van der Waals surface area (Å²) in [5.74, 6) is -2.96. The zero-order valence-corrected chi connectivity index (χ0v) is 9.27. The first-order valence-corrected chi connectivity index (χ1v) is 4.60.